The number of ether oxygens (including phenoxy) is 4. The van der Waals surface area contributed by atoms with Crippen LogP contribution in [0.25, 0.3) is 0 Å². The van der Waals surface area contributed by atoms with E-state index in [1.165, 1.54) is 59.8 Å². The van der Waals surface area contributed by atoms with Gasteiger partial charge in [0, 0.05) is 19.9 Å². The maximum absolute atomic E-state index is 6.34. The van der Waals surface area contributed by atoms with Gasteiger partial charge in [0.1, 0.15) is 0 Å². The van der Waals surface area contributed by atoms with Gasteiger partial charge >= 0.3 is 0 Å². The average molecular weight is 847 g/mol. The number of rotatable bonds is 15. The van der Waals surface area contributed by atoms with E-state index in [0.717, 1.165) is 37.2 Å². The second-order valence-electron chi connectivity index (χ2n) is 23.7. The van der Waals surface area contributed by atoms with E-state index in [1.807, 2.05) is 23.5 Å². The summed E-state index contributed by atoms with van der Waals surface area (Å²) in [4.78, 5) is 0. The van der Waals surface area contributed by atoms with Gasteiger partial charge in [0.05, 0.1) is 46.8 Å². The van der Waals surface area contributed by atoms with Crippen molar-refractivity contribution in [3.63, 3.8) is 0 Å². The summed E-state index contributed by atoms with van der Waals surface area (Å²) in [5.41, 5.74) is 0.797. The van der Waals surface area contributed by atoms with E-state index in [0.29, 0.717) is 83.6 Å². The Morgan fingerprint density at radius 1 is 0.518 bits per heavy atom. The van der Waals surface area contributed by atoms with Gasteiger partial charge in [0.2, 0.25) is 0 Å². The van der Waals surface area contributed by atoms with E-state index < -0.39 is 0 Å². The molecule has 0 aromatic carbocycles. The van der Waals surface area contributed by atoms with Crippen molar-refractivity contribution in [1.29, 1.82) is 0 Å². The van der Waals surface area contributed by atoms with E-state index in [1.54, 1.807) is 0 Å². The Morgan fingerprint density at radius 3 is 1.00 bits per heavy atom. The van der Waals surface area contributed by atoms with Crippen molar-refractivity contribution < 1.29 is 18.9 Å². The van der Waals surface area contributed by atoms with Crippen molar-refractivity contribution >= 4 is 56.4 Å². The molecule has 8 rings (SSSR count). The zero-order valence-corrected chi connectivity index (χ0v) is 40.5. The molecule has 0 N–H and O–H groups in total. The van der Waals surface area contributed by atoms with Gasteiger partial charge in [0.25, 0.3) is 0 Å². The summed E-state index contributed by atoms with van der Waals surface area (Å²) in [5.74, 6) is 8.97. The van der Waals surface area contributed by atoms with E-state index in [9.17, 15) is 0 Å². The molecule has 8 aliphatic rings. The lowest BCUT2D eigenvalue weighted by atomic mass is 9.56. The lowest BCUT2D eigenvalue weighted by Gasteiger charge is -2.49. The van der Waals surface area contributed by atoms with E-state index in [-0.39, 0.29) is 33.2 Å². The first kappa shape index (κ1) is 43.4. The largest absolute Gasteiger partial charge is 0.366 e. The maximum atomic E-state index is 6.34. The first-order valence-electron chi connectivity index (χ1n) is 23.1. The lowest BCUT2D eigenvalue weighted by molar-refractivity contribution is 0.0264. The van der Waals surface area contributed by atoms with Crippen molar-refractivity contribution in [2.24, 2.45) is 70.0 Å². The molecule has 8 heteroatoms. The van der Waals surface area contributed by atoms with Crippen LogP contribution in [0.4, 0.5) is 0 Å². The van der Waals surface area contributed by atoms with Crippen LogP contribution in [0.1, 0.15) is 160 Å². The predicted molar refractivity (Wildman–Crippen MR) is 244 cm³/mol. The Bertz CT molecular complexity index is 1330. The Hall–Kier alpha value is 0.720. The molecular weight excluding hydrogens is 769 g/mol. The van der Waals surface area contributed by atoms with Crippen LogP contribution >= 0.6 is 48.0 Å². The minimum Gasteiger partial charge on any atom is -0.366 e. The Morgan fingerprint density at radius 2 is 0.768 bits per heavy atom. The molecule has 4 aliphatic carbocycles. The van der Waals surface area contributed by atoms with Gasteiger partial charge in [-0.25, -0.2) is 0 Å². The van der Waals surface area contributed by atoms with Crippen LogP contribution in [0.2, 0.25) is 0 Å². The molecule has 4 aliphatic heterocycles. The molecule has 16 atom stereocenters. The summed E-state index contributed by atoms with van der Waals surface area (Å²) < 4.78 is 27.8. The van der Waals surface area contributed by atoms with Crippen molar-refractivity contribution in [3.05, 3.63) is 0 Å². The number of hydrogen-bond acceptors (Lipinski definition) is 8. The van der Waals surface area contributed by atoms with Crippen molar-refractivity contribution in [2.75, 3.05) is 11.5 Å². The van der Waals surface area contributed by atoms with Crippen molar-refractivity contribution in [1.82, 2.24) is 0 Å². The fraction of sp³-hybridized carbons (Fsp3) is 0.958. The molecule has 0 spiro atoms. The Balaban J connectivity index is 0.818. The fourth-order valence-corrected chi connectivity index (χ4v) is 17.9. The van der Waals surface area contributed by atoms with E-state index in [4.69, 9.17) is 43.4 Å². The van der Waals surface area contributed by atoms with Gasteiger partial charge in [-0.15, -0.1) is 23.5 Å². The summed E-state index contributed by atoms with van der Waals surface area (Å²) in [5, 5.41) is 0. The first-order chi connectivity index (χ1) is 26.1. The summed E-state index contributed by atoms with van der Waals surface area (Å²) >= 11 is 16.2. The summed E-state index contributed by atoms with van der Waals surface area (Å²) in [6.07, 6.45) is 16.3. The molecule has 4 saturated heterocycles. The number of unbranched alkanes of at least 4 members (excludes halogenated alkanes) is 1. The fourth-order valence-electron chi connectivity index (χ4n) is 15.2. The highest BCUT2D eigenvalue weighted by molar-refractivity contribution is 8.23. The highest BCUT2D eigenvalue weighted by atomic mass is 32.2. The van der Waals surface area contributed by atoms with Crippen LogP contribution in [-0.4, -0.2) is 66.7 Å². The van der Waals surface area contributed by atoms with Crippen molar-refractivity contribution in [2.45, 2.75) is 207 Å². The molecule has 4 heterocycles. The number of thioether (sulfide) groups is 2. The zero-order chi connectivity index (χ0) is 40.4. The number of thiocarbonyl (C=S) groups is 2. The Kier molecular flexibility index (Phi) is 11.8. The molecule has 16 unspecified atom stereocenters. The molecule has 0 aromatic heterocycles. The quantitative estimate of drug-likeness (QED) is 0.0918. The van der Waals surface area contributed by atoms with Crippen molar-refractivity contribution in [3.8, 4) is 0 Å². The number of hydrogen-bond donors (Lipinski definition) is 0. The third-order valence-corrected chi connectivity index (χ3v) is 21.2. The second kappa shape index (κ2) is 15.2. The van der Waals surface area contributed by atoms with Crippen LogP contribution in [0, 0.1) is 70.0 Å². The van der Waals surface area contributed by atoms with Gasteiger partial charge in [-0.2, -0.15) is 0 Å². The van der Waals surface area contributed by atoms with Gasteiger partial charge in [-0.3, -0.25) is 0 Å². The molecule has 0 bridgehead atoms. The molecule has 4 nitrogen and oxygen atoms in total. The molecular formula is C48H78O4S4. The van der Waals surface area contributed by atoms with E-state index >= 15 is 0 Å². The third kappa shape index (κ3) is 8.57. The maximum Gasteiger partial charge on any atom is 0.0926 e. The number of fused-ring (bicyclic) bond motifs is 4. The normalized spacial score (nSPS) is 48.7. The summed E-state index contributed by atoms with van der Waals surface area (Å²) in [6, 6.07) is 0. The van der Waals surface area contributed by atoms with Crippen LogP contribution < -0.4 is 0 Å². The molecule has 8 fully saturated rings. The highest BCUT2D eigenvalue weighted by Gasteiger charge is 2.66. The smallest absolute Gasteiger partial charge is 0.0926 e. The predicted octanol–water partition coefficient (Wildman–Crippen LogP) is 12.8. The van der Waals surface area contributed by atoms with Gasteiger partial charge in [-0.05, 0) is 175 Å². The molecule has 318 valence electrons. The van der Waals surface area contributed by atoms with Crippen LogP contribution in [0.15, 0.2) is 0 Å². The molecule has 4 saturated carbocycles. The summed E-state index contributed by atoms with van der Waals surface area (Å²) in [6.45, 7) is 29.5. The standard InChI is InChI=1S/C48H78O4S4/c1-27-17-31(21-45(9)39(27)49-45)37(32-18-28(2)40-46(10,22-32)50-40)43(5,6)25-55-35(53)15-13-14-16-36(54)56-26-44(7,8)38(33-19-29(3)41-47(11,23-33)51-41)34-20-30(4)42-48(12,24-34)52-42/h27-34,37-42H,13-26H2,1-12H3. The summed E-state index contributed by atoms with van der Waals surface area (Å²) in [7, 11) is 0. The molecule has 0 aromatic rings. The van der Waals surface area contributed by atoms with Gasteiger partial charge in [-0.1, -0.05) is 79.8 Å². The number of epoxide rings is 4. The topological polar surface area (TPSA) is 50.1 Å². The molecule has 56 heavy (non-hydrogen) atoms. The molecule has 0 amide bonds. The minimum absolute atomic E-state index is 0.0999. The minimum atomic E-state index is 0.0999. The van der Waals surface area contributed by atoms with Gasteiger partial charge in [0.15, 0.2) is 0 Å². The van der Waals surface area contributed by atoms with Gasteiger partial charge < -0.3 is 18.9 Å². The zero-order valence-electron chi connectivity index (χ0n) is 37.2. The third-order valence-electron chi connectivity index (χ3n) is 17.3. The first-order valence-corrected chi connectivity index (χ1v) is 25.9. The average Bonchev–Trinajstić information content (AvgIpc) is 3.97. The van der Waals surface area contributed by atoms with Crippen LogP contribution in [0.3, 0.4) is 0 Å². The van der Waals surface area contributed by atoms with Crippen LogP contribution in [0.5, 0.6) is 0 Å². The van der Waals surface area contributed by atoms with Crippen LogP contribution in [-0.2, 0) is 18.9 Å². The SMILES string of the molecule is CC1CC(C(C2CC(C)C3OC3(C)C2)C(C)(C)CSC(=S)CCCCC(=S)SCC(C)(C)C(C2CC(C)C3OC3(C)C2)C2CC(C)C3OC3(C)C2)CC2(C)OC12. The monoisotopic (exact) mass is 846 g/mol. The van der Waals surface area contributed by atoms with E-state index in [2.05, 4.69) is 83.1 Å². The highest BCUT2D eigenvalue weighted by Crippen LogP contribution is 2.64. The molecule has 0 radical (unpaired) electrons. The lowest BCUT2D eigenvalue weighted by Crippen LogP contribution is -2.46. The second-order valence-corrected chi connectivity index (χ2v) is 27.3. The Labute approximate surface area is 361 Å².